The van der Waals surface area contributed by atoms with E-state index >= 15 is 0 Å². The highest BCUT2D eigenvalue weighted by atomic mass is 19.1. The third-order valence-corrected chi connectivity index (χ3v) is 2.53. The largest absolute Gasteiger partial charge is 0.312 e. The van der Waals surface area contributed by atoms with Gasteiger partial charge in [0, 0.05) is 6.04 Å². The molecule has 0 bridgehead atoms. The maximum absolute atomic E-state index is 13.0. The van der Waals surface area contributed by atoms with Crippen molar-refractivity contribution in [3.63, 3.8) is 0 Å². The van der Waals surface area contributed by atoms with Crippen molar-refractivity contribution in [2.75, 3.05) is 7.05 Å². The minimum atomic E-state index is -0.263. The Bertz CT molecular complexity index is 357. The van der Waals surface area contributed by atoms with Crippen LogP contribution in [0, 0.1) is 23.1 Å². The van der Waals surface area contributed by atoms with E-state index in [4.69, 9.17) is 5.26 Å². The van der Waals surface area contributed by atoms with Crippen molar-refractivity contribution in [3.8, 4) is 6.07 Å². The number of nitrogens with zero attached hydrogens (tertiary/aromatic N) is 1. The lowest BCUT2D eigenvalue weighted by Crippen LogP contribution is -2.24. The predicted octanol–water partition coefficient (Wildman–Crippen LogP) is 2.64. The lowest BCUT2D eigenvalue weighted by molar-refractivity contribution is 0.447. The second-order valence-corrected chi connectivity index (χ2v) is 3.47. The Hall–Kier alpha value is -1.40. The summed E-state index contributed by atoms with van der Waals surface area (Å²) >= 11 is 0. The first-order valence-corrected chi connectivity index (χ1v) is 5.05. The average molecular weight is 206 g/mol. The van der Waals surface area contributed by atoms with Gasteiger partial charge in [0.1, 0.15) is 5.82 Å². The average Bonchev–Trinajstić information content (AvgIpc) is 2.25. The smallest absolute Gasteiger partial charge is 0.123 e. The zero-order valence-corrected chi connectivity index (χ0v) is 9.00. The molecular weight excluding hydrogens is 191 g/mol. The van der Waals surface area contributed by atoms with Gasteiger partial charge in [0.05, 0.1) is 12.0 Å². The van der Waals surface area contributed by atoms with Gasteiger partial charge in [-0.25, -0.2) is 4.39 Å². The zero-order chi connectivity index (χ0) is 11.3. The van der Waals surface area contributed by atoms with Gasteiger partial charge < -0.3 is 5.32 Å². The summed E-state index contributed by atoms with van der Waals surface area (Å²) in [5, 5.41) is 12.0. The highest BCUT2D eigenvalue weighted by Crippen LogP contribution is 2.24. The molecule has 1 aromatic carbocycles. The molecule has 0 amide bonds. The molecule has 0 aliphatic rings. The third kappa shape index (κ3) is 2.77. The SMILES string of the molecule is CCC(C#N)C(NC)c1cccc(F)c1. The molecule has 15 heavy (non-hydrogen) atoms. The van der Waals surface area contributed by atoms with Crippen LogP contribution in [0.3, 0.4) is 0 Å². The summed E-state index contributed by atoms with van der Waals surface area (Å²) in [7, 11) is 1.79. The van der Waals surface area contributed by atoms with E-state index in [1.165, 1.54) is 12.1 Å². The van der Waals surface area contributed by atoms with Gasteiger partial charge in [-0.1, -0.05) is 19.1 Å². The van der Waals surface area contributed by atoms with Crippen LogP contribution in [0.1, 0.15) is 24.9 Å². The fraction of sp³-hybridized carbons (Fsp3) is 0.417. The van der Waals surface area contributed by atoms with Crippen LogP contribution < -0.4 is 5.32 Å². The Morgan fingerprint density at radius 3 is 2.73 bits per heavy atom. The normalized spacial score (nSPS) is 14.3. The molecule has 0 aliphatic carbocycles. The van der Waals surface area contributed by atoms with E-state index in [0.717, 1.165) is 12.0 Å². The van der Waals surface area contributed by atoms with Gasteiger partial charge >= 0.3 is 0 Å². The fourth-order valence-corrected chi connectivity index (χ4v) is 1.70. The summed E-state index contributed by atoms with van der Waals surface area (Å²) in [6.07, 6.45) is 0.749. The molecular formula is C12H15FN2. The Kier molecular flexibility index (Phi) is 4.26. The maximum atomic E-state index is 13.0. The predicted molar refractivity (Wildman–Crippen MR) is 57.6 cm³/mol. The second-order valence-electron chi connectivity index (χ2n) is 3.47. The summed E-state index contributed by atoms with van der Waals surface area (Å²) in [6.45, 7) is 1.96. The number of nitrogens with one attached hydrogen (secondary N) is 1. The molecule has 0 saturated heterocycles. The van der Waals surface area contributed by atoms with E-state index < -0.39 is 0 Å². The van der Waals surface area contributed by atoms with Crippen LogP contribution in [0.25, 0.3) is 0 Å². The molecule has 0 aromatic heterocycles. The van der Waals surface area contributed by atoms with Crippen molar-refractivity contribution in [3.05, 3.63) is 35.6 Å². The first-order chi connectivity index (χ1) is 7.22. The molecule has 2 nitrogen and oxygen atoms in total. The van der Waals surface area contributed by atoms with Gasteiger partial charge in [-0.2, -0.15) is 5.26 Å². The van der Waals surface area contributed by atoms with Gasteiger partial charge in [-0.05, 0) is 31.2 Å². The number of benzene rings is 1. The van der Waals surface area contributed by atoms with Gasteiger partial charge in [0.15, 0.2) is 0 Å². The number of nitriles is 1. The maximum Gasteiger partial charge on any atom is 0.123 e. The van der Waals surface area contributed by atoms with Crippen LogP contribution in [-0.4, -0.2) is 7.05 Å². The molecule has 1 N–H and O–H groups in total. The standard InChI is InChI=1S/C12H15FN2/c1-3-9(8-14)12(15-2)10-5-4-6-11(13)7-10/h4-7,9,12,15H,3H2,1-2H3. The highest BCUT2D eigenvalue weighted by Gasteiger charge is 2.19. The van der Waals surface area contributed by atoms with Crippen molar-refractivity contribution in [2.45, 2.75) is 19.4 Å². The minimum Gasteiger partial charge on any atom is -0.312 e. The first-order valence-electron chi connectivity index (χ1n) is 5.05. The molecule has 0 spiro atoms. The first kappa shape index (κ1) is 11.7. The topological polar surface area (TPSA) is 35.8 Å². The summed E-state index contributed by atoms with van der Waals surface area (Å²) in [5.41, 5.74) is 0.825. The van der Waals surface area contributed by atoms with Crippen LogP contribution in [0.5, 0.6) is 0 Å². The van der Waals surface area contributed by atoms with Gasteiger partial charge in [0.25, 0.3) is 0 Å². The quantitative estimate of drug-likeness (QED) is 0.822. The van der Waals surface area contributed by atoms with Crippen LogP contribution in [0.15, 0.2) is 24.3 Å². The summed E-state index contributed by atoms with van der Waals surface area (Å²) in [5.74, 6) is -0.391. The molecule has 0 fully saturated rings. The molecule has 0 radical (unpaired) electrons. The lowest BCUT2D eigenvalue weighted by Gasteiger charge is -2.20. The molecule has 0 heterocycles. The van der Waals surface area contributed by atoms with Gasteiger partial charge in [-0.3, -0.25) is 0 Å². The van der Waals surface area contributed by atoms with E-state index in [2.05, 4.69) is 11.4 Å². The van der Waals surface area contributed by atoms with Gasteiger partial charge in [-0.15, -0.1) is 0 Å². The molecule has 80 valence electrons. The molecule has 1 rings (SSSR count). The van der Waals surface area contributed by atoms with Crippen molar-refractivity contribution >= 4 is 0 Å². The van der Waals surface area contributed by atoms with E-state index in [9.17, 15) is 4.39 Å². The lowest BCUT2D eigenvalue weighted by atomic mass is 9.92. The Morgan fingerprint density at radius 1 is 1.53 bits per heavy atom. The van der Waals surface area contributed by atoms with Crippen LogP contribution in [0.2, 0.25) is 0 Å². The van der Waals surface area contributed by atoms with Crippen molar-refractivity contribution in [1.82, 2.24) is 5.32 Å². The van der Waals surface area contributed by atoms with E-state index in [-0.39, 0.29) is 17.8 Å². The molecule has 0 saturated carbocycles. The van der Waals surface area contributed by atoms with Crippen LogP contribution >= 0.6 is 0 Å². The van der Waals surface area contributed by atoms with Crippen molar-refractivity contribution in [2.24, 2.45) is 5.92 Å². The molecule has 2 unspecified atom stereocenters. The summed E-state index contributed by atoms with van der Waals surface area (Å²) < 4.78 is 13.0. The van der Waals surface area contributed by atoms with E-state index in [1.807, 2.05) is 13.0 Å². The fourth-order valence-electron chi connectivity index (χ4n) is 1.70. The molecule has 0 aliphatic heterocycles. The number of hydrogen-bond acceptors (Lipinski definition) is 2. The monoisotopic (exact) mass is 206 g/mol. The highest BCUT2D eigenvalue weighted by molar-refractivity contribution is 5.22. The minimum absolute atomic E-state index is 0.101. The summed E-state index contributed by atoms with van der Waals surface area (Å²) in [6, 6.07) is 8.52. The van der Waals surface area contributed by atoms with Crippen molar-refractivity contribution in [1.29, 1.82) is 5.26 Å². The molecule has 1 aromatic rings. The van der Waals surface area contributed by atoms with Crippen molar-refractivity contribution < 1.29 is 4.39 Å². The van der Waals surface area contributed by atoms with Crippen LogP contribution in [-0.2, 0) is 0 Å². The molecule has 2 atom stereocenters. The number of hydrogen-bond donors (Lipinski definition) is 1. The second kappa shape index (κ2) is 5.47. The summed E-state index contributed by atoms with van der Waals surface area (Å²) in [4.78, 5) is 0. The Balaban J connectivity index is 2.97. The number of rotatable bonds is 4. The molecule has 3 heteroatoms. The zero-order valence-electron chi connectivity index (χ0n) is 9.00. The number of halogens is 1. The van der Waals surface area contributed by atoms with Crippen LogP contribution in [0.4, 0.5) is 4.39 Å². The van der Waals surface area contributed by atoms with E-state index in [1.54, 1.807) is 13.1 Å². The van der Waals surface area contributed by atoms with Gasteiger partial charge in [0.2, 0.25) is 0 Å². The van der Waals surface area contributed by atoms with E-state index in [0.29, 0.717) is 0 Å². The Labute approximate surface area is 89.7 Å². The Morgan fingerprint density at radius 2 is 2.27 bits per heavy atom. The third-order valence-electron chi connectivity index (χ3n) is 2.53.